The lowest BCUT2D eigenvalue weighted by atomic mass is 10.0. The first-order valence-corrected chi connectivity index (χ1v) is 26.1. The molecule has 0 rings (SSSR count). The highest BCUT2D eigenvalue weighted by Gasteiger charge is 2.19. The van der Waals surface area contributed by atoms with Crippen molar-refractivity contribution in [2.75, 3.05) is 13.2 Å². The van der Waals surface area contributed by atoms with E-state index in [1.165, 1.54) is 167 Å². The first-order chi connectivity index (χ1) is 28.6. The SMILES string of the molecule is CC(C)CCCCCCCCCCCCCCCCCC(=O)O[C@H](COC(=O)CCCCCCCCCCCCCC(C)C)COC(=O)CCCCCCCCC(C)C. The van der Waals surface area contributed by atoms with Crippen LogP contribution in [0.15, 0.2) is 0 Å². The molecule has 0 amide bonds. The summed E-state index contributed by atoms with van der Waals surface area (Å²) in [5, 5.41) is 0. The van der Waals surface area contributed by atoms with Gasteiger partial charge in [-0.05, 0) is 37.0 Å². The predicted octanol–water partition coefficient (Wildman–Crippen LogP) is 16.8. The molecule has 0 unspecified atom stereocenters. The van der Waals surface area contributed by atoms with E-state index in [-0.39, 0.29) is 31.1 Å². The van der Waals surface area contributed by atoms with E-state index in [4.69, 9.17) is 14.2 Å². The van der Waals surface area contributed by atoms with Crippen LogP contribution in [0.5, 0.6) is 0 Å². The van der Waals surface area contributed by atoms with Gasteiger partial charge in [-0.15, -0.1) is 0 Å². The van der Waals surface area contributed by atoms with E-state index < -0.39 is 6.10 Å². The summed E-state index contributed by atoms with van der Waals surface area (Å²) in [6.45, 7) is 13.7. The lowest BCUT2D eigenvalue weighted by molar-refractivity contribution is -0.167. The molecular weight excluding hydrogens is 733 g/mol. The van der Waals surface area contributed by atoms with E-state index in [0.29, 0.717) is 19.3 Å². The van der Waals surface area contributed by atoms with Crippen LogP contribution in [-0.2, 0) is 28.6 Å². The number of carbonyl (C=O) groups excluding carboxylic acids is 3. The van der Waals surface area contributed by atoms with E-state index >= 15 is 0 Å². The largest absolute Gasteiger partial charge is 0.462 e. The molecule has 0 aromatic heterocycles. The minimum Gasteiger partial charge on any atom is -0.462 e. The molecule has 6 nitrogen and oxygen atoms in total. The van der Waals surface area contributed by atoms with Gasteiger partial charge in [0.15, 0.2) is 6.10 Å². The molecule has 350 valence electrons. The van der Waals surface area contributed by atoms with Gasteiger partial charge < -0.3 is 14.2 Å². The topological polar surface area (TPSA) is 78.9 Å². The molecule has 0 N–H and O–H groups in total. The third kappa shape index (κ3) is 47.3. The first kappa shape index (κ1) is 57.4. The molecule has 0 aliphatic heterocycles. The van der Waals surface area contributed by atoms with Crippen molar-refractivity contribution in [2.45, 2.75) is 292 Å². The molecular formula is C53H102O6. The van der Waals surface area contributed by atoms with Gasteiger partial charge >= 0.3 is 17.9 Å². The molecule has 0 aliphatic rings. The number of unbranched alkanes of at least 4 members (excludes halogenated alkanes) is 29. The second-order valence-electron chi connectivity index (χ2n) is 19.6. The number of rotatable bonds is 46. The van der Waals surface area contributed by atoms with Gasteiger partial charge in [-0.3, -0.25) is 14.4 Å². The Morgan fingerprint density at radius 1 is 0.288 bits per heavy atom. The summed E-state index contributed by atoms with van der Waals surface area (Å²) < 4.78 is 16.8. The molecule has 0 aromatic carbocycles. The van der Waals surface area contributed by atoms with E-state index in [1.807, 2.05) is 0 Å². The van der Waals surface area contributed by atoms with Crippen LogP contribution in [0.4, 0.5) is 0 Å². The van der Waals surface area contributed by atoms with E-state index in [2.05, 4.69) is 41.5 Å². The van der Waals surface area contributed by atoms with Gasteiger partial charge in [0.2, 0.25) is 0 Å². The summed E-state index contributed by atoms with van der Waals surface area (Å²) >= 11 is 0. The van der Waals surface area contributed by atoms with E-state index in [0.717, 1.165) is 75.5 Å². The molecule has 0 saturated carbocycles. The van der Waals surface area contributed by atoms with Crippen molar-refractivity contribution < 1.29 is 28.6 Å². The van der Waals surface area contributed by atoms with E-state index in [9.17, 15) is 14.4 Å². The fourth-order valence-corrected chi connectivity index (χ4v) is 7.94. The Hall–Kier alpha value is -1.59. The zero-order valence-electron chi connectivity index (χ0n) is 40.5. The zero-order valence-corrected chi connectivity index (χ0v) is 40.5. The summed E-state index contributed by atoms with van der Waals surface area (Å²) in [5.74, 6) is 1.58. The van der Waals surface area contributed by atoms with Crippen LogP contribution in [-0.4, -0.2) is 37.2 Å². The Balaban J connectivity index is 4.26. The summed E-state index contributed by atoms with van der Waals surface area (Å²) in [5.41, 5.74) is 0. The monoisotopic (exact) mass is 835 g/mol. The summed E-state index contributed by atoms with van der Waals surface area (Å²) in [6.07, 6.45) is 43.9. The van der Waals surface area contributed by atoms with Crippen molar-refractivity contribution in [1.29, 1.82) is 0 Å². The molecule has 0 saturated heterocycles. The average Bonchev–Trinajstić information content (AvgIpc) is 3.19. The Kier molecular flexibility index (Phi) is 43.3. The maximum atomic E-state index is 12.8. The van der Waals surface area contributed by atoms with Crippen LogP contribution in [0.3, 0.4) is 0 Å². The Morgan fingerprint density at radius 3 is 0.729 bits per heavy atom. The van der Waals surface area contributed by atoms with Crippen molar-refractivity contribution in [1.82, 2.24) is 0 Å². The highest BCUT2D eigenvalue weighted by molar-refractivity contribution is 5.71. The lowest BCUT2D eigenvalue weighted by Crippen LogP contribution is -2.30. The number of ether oxygens (including phenoxy) is 3. The van der Waals surface area contributed by atoms with Crippen LogP contribution in [0.1, 0.15) is 286 Å². The summed E-state index contributed by atoms with van der Waals surface area (Å²) in [4.78, 5) is 37.9. The Bertz CT molecular complexity index is 914. The maximum absolute atomic E-state index is 12.8. The molecule has 0 spiro atoms. The third-order valence-corrected chi connectivity index (χ3v) is 11.9. The fourth-order valence-electron chi connectivity index (χ4n) is 7.94. The van der Waals surface area contributed by atoms with Gasteiger partial charge in [-0.1, -0.05) is 247 Å². The molecule has 0 fully saturated rings. The van der Waals surface area contributed by atoms with Crippen molar-refractivity contribution in [3.8, 4) is 0 Å². The molecule has 0 bridgehead atoms. The van der Waals surface area contributed by atoms with Gasteiger partial charge in [0, 0.05) is 19.3 Å². The lowest BCUT2D eigenvalue weighted by Gasteiger charge is -2.18. The van der Waals surface area contributed by atoms with Gasteiger partial charge in [0.05, 0.1) is 0 Å². The Labute approximate surface area is 368 Å². The molecule has 0 radical (unpaired) electrons. The van der Waals surface area contributed by atoms with Gasteiger partial charge in [0.1, 0.15) is 13.2 Å². The first-order valence-electron chi connectivity index (χ1n) is 26.1. The normalized spacial score (nSPS) is 12.2. The van der Waals surface area contributed by atoms with Crippen molar-refractivity contribution in [3.63, 3.8) is 0 Å². The van der Waals surface area contributed by atoms with E-state index in [1.54, 1.807) is 0 Å². The molecule has 0 aliphatic carbocycles. The highest BCUT2D eigenvalue weighted by atomic mass is 16.6. The third-order valence-electron chi connectivity index (χ3n) is 11.9. The van der Waals surface area contributed by atoms with Gasteiger partial charge in [-0.2, -0.15) is 0 Å². The number of carbonyl (C=O) groups is 3. The van der Waals surface area contributed by atoms with Crippen molar-refractivity contribution >= 4 is 17.9 Å². The summed E-state index contributed by atoms with van der Waals surface area (Å²) in [6, 6.07) is 0. The number of hydrogen-bond donors (Lipinski definition) is 0. The average molecular weight is 835 g/mol. The predicted molar refractivity (Wildman–Crippen MR) is 252 cm³/mol. The van der Waals surface area contributed by atoms with Crippen LogP contribution < -0.4 is 0 Å². The smallest absolute Gasteiger partial charge is 0.306 e. The van der Waals surface area contributed by atoms with Crippen LogP contribution in [0, 0.1) is 17.8 Å². The molecule has 0 aromatic rings. The second-order valence-corrected chi connectivity index (χ2v) is 19.6. The van der Waals surface area contributed by atoms with Crippen LogP contribution >= 0.6 is 0 Å². The molecule has 59 heavy (non-hydrogen) atoms. The standard InChI is InChI=1S/C53H102O6/c1-47(2)39-33-27-21-17-13-10-8-7-9-11-15-20-24-32-38-44-53(56)59-50(46-58-52(55)43-37-31-26-25-29-35-41-49(5)6)45-57-51(54)42-36-30-23-19-16-12-14-18-22-28-34-40-48(3)4/h47-50H,7-46H2,1-6H3/t50-/m1/s1. The van der Waals surface area contributed by atoms with Crippen molar-refractivity contribution in [3.05, 3.63) is 0 Å². The second kappa shape index (κ2) is 44.5. The van der Waals surface area contributed by atoms with Crippen LogP contribution in [0.25, 0.3) is 0 Å². The minimum absolute atomic E-state index is 0.0653. The molecule has 1 atom stereocenters. The van der Waals surface area contributed by atoms with Crippen LogP contribution in [0.2, 0.25) is 0 Å². The fraction of sp³-hybridized carbons (Fsp3) is 0.943. The Morgan fingerprint density at radius 2 is 0.492 bits per heavy atom. The quantitative estimate of drug-likeness (QED) is 0.0345. The van der Waals surface area contributed by atoms with Crippen molar-refractivity contribution in [2.24, 2.45) is 17.8 Å². The number of hydrogen-bond acceptors (Lipinski definition) is 6. The van der Waals surface area contributed by atoms with Gasteiger partial charge in [0.25, 0.3) is 0 Å². The molecule has 0 heterocycles. The minimum atomic E-state index is -0.763. The zero-order chi connectivity index (χ0) is 43.4. The van der Waals surface area contributed by atoms with Gasteiger partial charge in [-0.25, -0.2) is 0 Å². The highest BCUT2D eigenvalue weighted by Crippen LogP contribution is 2.18. The number of esters is 3. The molecule has 6 heteroatoms. The maximum Gasteiger partial charge on any atom is 0.306 e. The summed E-state index contributed by atoms with van der Waals surface area (Å²) in [7, 11) is 0.